The van der Waals surface area contributed by atoms with E-state index in [4.69, 9.17) is 4.74 Å². The Morgan fingerprint density at radius 1 is 1.10 bits per heavy atom. The first-order valence-electron chi connectivity index (χ1n) is 5.71. The van der Waals surface area contributed by atoms with E-state index in [-0.39, 0.29) is 11.4 Å². The van der Waals surface area contributed by atoms with Crippen molar-refractivity contribution in [3.05, 3.63) is 56.8 Å². The van der Waals surface area contributed by atoms with Gasteiger partial charge in [0.05, 0.1) is 22.6 Å². The molecule has 0 amide bonds. The Hall–Kier alpha value is -3.23. The molecule has 108 valence electrons. The van der Waals surface area contributed by atoms with E-state index >= 15 is 0 Å². The number of anilines is 2. The average molecular weight is 290 g/mol. The summed E-state index contributed by atoms with van der Waals surface area (Å²) >= 11 is 0. The van der Waals surface area contributed by atoms with Gasteiger partial charge in [0.2, 0.25) is 0 Å². The van der Waals surface area contributed by atoms with Gasteiger partial charge in [-0.2, -0.15) is 0 Å². The van der Waals surface area contributed by atoms with E-state index < -0.39 is 9.85 Å². The summed E-state index contributed by atoms with van der Waals surface area (Å²) in [4.78, 5) is 24.1. The third kappa shape index (κ3) is 3.21. The molecule has 0 spiro atoms. The molecule has 9 nitrogen and oxygen atoms in total. The molecule has 0 aliphatic heterocycles. The molecule has 1 heterocycles. The molecule has 1 aromatic heterocycles. The van der Waals surface area contributed by atoms with Crippen molar-refractivity contribution in [2.45, 2.75) is 0 Å². The predicted molar refractivity (Wildman–Crippen MR) is 73.8 cm³/mol. The van der Waals surface area contributed by atoms with Crippen molar-refractivity contribution in [2.24, 2.45) is 0 Å². The van der Waals surface area contributed by atoms with Gasteiger partial charge in [0.15, 0.2) is 0 Å². The van der Waals surface area contributed by atoms with Crippen molar-refractivity contribution in [3.63, 3.8) is 0 Å². The van der Waals surface area contributed by atoms with Crippen LogP contribution >= 0.6 is 0 Å². The summed E-state index contributed by atoms with van der Waals surface area (Å²) in [6.07, 6.45) is 1.09. The fourth-order valence-corrected chi connectivity index (χ4v) is 1.61. The van der Waals surface area contributed by atoms with Gasteiger partial charge >= 0.3 is 0 Å². The van der Waals surface area contributed by atoms with Crippen LogP contribution in [0.2, 0.25) is 0 Å². The van der Waals surface area contributed by atoms with E-state index in [1.54, 1.807) is 0 Å². The van der Waals surface area contributed by atoms with Crippen LogP contribution in [-0.2, 0) is 0 Å². The zero-order valence-corrected chi connectivity index (χ0v) is 10.8. The molecular formula is C12H10N4O5. The highest BCUT2D eigenvalue weighted by Gasteiger charge is 2.12. The molecule has 0 unspecified atom stereocenters. The second-order valence-electron chi connectivity index (χ2n) is 3.93. The van der Waals surface area contributed by atoms with Crippen molar-refractivity contribution in [1.29, 1.82) is 0 Å². The van der Waals surface area contributed by atoms with Crippen LogP contribution in [0.4, 0.5) is 22.9 Å². The number of pyridine rings is 1. The van der Waals surface area contributed by atoms with Crippen LogP contribution in [0.15, 0.2) is 36.5 Å². The molecule has 0 saturated heterocycles. The fourth-order valence-electron chi connectivity index (χ4n) is 1.61. The molecule has 1 N–H and O–H groups in total. The third-order valence-corrected chi connectivity index (χ3v) is 2.62. The van der Waals surface area contributed by atoms with Gasteiger partial charge in [0, 0.05) is 18.2 Å². The van der Waals surface area contributed by atoms with Crippen molar-refractivity contribution >= 4 is 22.9 Å². The van der Waals surface area contributed by atoms with Gasteiger partial charge in [-0.15, -0.1) is 0 Å². The molecule has 0 radical (unpaired) electrons. The Balaban J connectivity index is 2.31. The van der Waals surface area contributed by atoms with Gasteiger partial charge in [-0.25, -0.2) is 4.98 Å². The first-order valence-corrected chi connectivity index (χ1v) is 5.71. The zero-order valence-electron chi connectivity index (χ0n) is 10.8. The monoisotopic (exact) mass is 290 g/mol. The van der Waals surface area contributed by atoms with Crippen molar-refractivity contribution < 1.29 is 14.6 Å². The standard InChI is InChI=1S/C12H10N4O5/c1-21-11-4-2-8(15(17)18)6-10(11)14-12-5-3-9(7-13-12)16(19)20/h2-7H,1H3,(H,13,14). The van der Waals surface area contributed by atoms with Crippen LogP contribution < -0.4 is 10.1 Å². The lowest BCUT2D eigenvalue weighted by molar-refractivity contribution is -0.385. The molecule has 1 aromatic carbocycles. The normalized spacial score (nSPS) is 9.95. The number of nitrogens with one attached hydrogen (secondary N) is 1. The number of ether oxygens (including phenoxy) is 1. The van der Waals surface area contributed by atoms with Crippen LogP contribution in [0.3, 0.4) is 0 Å². The first-order chi connectivity index (χ1) is 10.0. The molecule has 0 saturated carbocycles. The number of aromatic nitrogens is 1. The molecular weight excluding hydrogens is 280 g/mol. The number of methoxy groups -OCH3 is 1. The summed E-state index contributed by atoms with van der Waals surface area (Å²) in [6.45, 7) is 0. The minimum Gasteiger partial charge on any atom is -0.495 e. The number of non-ortho nitro benzene ring substituents is 1. The van der Waals surface area contributed by atoms with Gasteiger partial charge in [-0.3, -0.25) is 20.2 Å². The Kier molecular flexibility index (Phi) is 3.93. The second kappa shape index (κ2) is 5.82. The Morgan fingerprint density at radius 2 is 1.76 bits per heavy atom. The first kappa shape index (κ1) is 14.2. The molecule has 0 aliphatic rings. The van der Waals surface area contributed by atoms with E-state index in [2.05, 4.69) is 10.3 Å². The van der Waals surface area contributed by atoms with Gasteiger partial charge in [0.25, 0.3) is 11.4 Å². The van der Waals surface area contributed by atoms with E-state index in [0.29, 0.717) is 17.3 Å². The van der Waals surface area contributed by atoms with Gasteiger partial charge in [-0.1, -0.05) is 0 Å². The SMILES string of the molecule is COc1ccc([N+](=O)[O-])cc1Nc1ccc([N+](=O)[O-])cn1. The summed E-state index contributed by atoms with van der Waals surface area (Å²) in [5.74, 6) is 0.695. The maximum Gasteiger partial charge on any atom is 0.287 e. The smallest absolute Gasteiger partial charge is 0.287 e. The van der Waals surface area contributed by atoms with E-state index in [1.165, 1.54) is 37.4 Å². The van der Waals surface area contributed by atoms with Crippen LogP contribution in [0, 0.1) is 20.2 Å². The van der Waals surface area contributed by atoms with Crippen LogP contribution in [0.5, 0.6) is 5.75 Å². The lowest BCUT2D eigenvalue weighted by atomic mass is 10.2. The summed E-state index contributed by atoms with van der Waals surface area (Å²) in [6, 6.07) is 6.73. The maximum atomic E-state index is 10.8. The molecule has 0 fully saturated rings. The number of nitro groups is 2. The summed E-state index contributed by atoms with van der Waals surface area (Å²) in [7, 11) is 1.43. The minimum absolute atomic E-state index is 0.111. The predicted octanol–water partition coefficient (Wildman–Crippen LogP) is 2.65. The highest BCUT2D eigenvalue weighted by atomic mass is 16.6. The number of rotatable bonds is 5. The second-order valence-corrected chi connectivity index (χ2v) is 3.93. The lowest BCUT2D eigenvalue weighted by Crippen LogP contribution is -1.99. The number of benzene rings is 1. The Labute approximate surface area is 118 Å². The van der Waals surface area contributed by atoms with Crippen LogP contribution in [0.1, 0.15) is 0 Å². The lowest BCUT2D eigenvalue weighted by Gasteiger charge is -2.10. The van der Waals surface area contributed by atoms with Crippen LogP contribution in [0.25, 0.3) is 0 Å². The van der Waals surface area contributed by atoms with Crippen molar-refractivity contribution in [1.82, 2.24) is 4.98 Å². The van der Waals surface area contributed by atoms with Gasteiger partial charge in [-0.05, 0) is 12.1 Å². The van der Waals surface area contributed by atoms with Crippen molar-refractivity contribution in [2.75, 3.05) is 12.4 Å². The Bertz CT molecular complexity index is 687. The highest BCUT2D eigenvalue weighted by Crippen LogP contribution is 2.31. The largest absolute Gasteiger partial charge is 0.495 e. The average Bonchev–Trinajstić information content (AvgIpc) is 2.47. The van der Waals surface area contributed by atoms with Gasteiger partial charge < -0.3 is 10.1 Å². The van der Waals surface area contributed by atoms with Crippen LogP contribution in [-0.4, -0.2) is 21.9 Å². The van der Waals surface area contributed by atoms with Gasteiger partial charge in [0.1, 0.15) is 17.8 Å². The van der Waals surface area contributed by atoms with E-state index in [9.17, 15) is 20.2 Å². The number of hydrogen-bond donors (Lipinski definition) is 1. The fraction of sp³-hybridized carbons (Fsp3) is 0.0833. The molecule has 9 heteroatoms. The summed E-state index contributed by atoms with van der Waals surface area (Å²) < 4.78 is 5.09. The van der Waals surface area contributed by atoms with Crippen molar-refractivity contribution in [3.8, 4) is 5.75 Å². The Morgan fingerprint density at radius 3 is 2.29 bits per heavy atom. The molecule has 0 atom stereocenters. The number of hydrogen-bond acceptors (Lipinski definition) is 7. The maximum absolute atomic E-state index is 10.8. The molecule has 0 aliphatic carbocycles. The molecule has 2 rings (SSSR count). The highest BCUT2D eigenvalue weighted by molar-refractivity contribution is 5.67. The number of nitrogens with zero attached hydrogens (tertiary/aromatic N) is 3. The third-order valence-electron chi connectivity index (χ3n) is 2.62. The molecule has 0 bridgehead atoms. The minimum atomic E-state index is -0.565. The molecule has 2 aromatic rings. The number of nitro benzene ring substituents is 1. The quantitative estimate of drug-likeness (QED) is 0.663. The molecule has 21 heavy (non-hydrogen) atoms. The topological polar surface area (TPSA) is 120 Å². The summed E-state index contributed by atoms with van der Waals surface area (Å²) in [5.41, 5.74) is 0.0832. The van der Waals surface area contributed by atoms with E-state index in [0.717, 1.165) is 6.20 Å². The zero-order chi connectivity index (χ0) is 15.4. The van der Waals surface area contributed by atoms with E-state index in [1.807, 2.05) is 0 Å². The summed E-state index contributed by atoms with van der Waals surface area (Å²) in [5, 5.41) is 24.1.